The molecular formula is C15H20ClFN2O. The number of hydrogen-bond donors (Lipinski definition) is 2. The number of carbonyl (C=O) groups excluding carboxylic acids is 1. The van der Waals surface area contributed by atoms with Gasteiger partial charge in [0.2, 0.25) is 5.91 Å². The van der Waals surface area contributed by atoms with Gasteiger partial charge in [0.05, 0.1) is 5.54 Å². The average Bonchev–Trinajstić information content (AvgIpc) is 3.08. The number of nitrogens with one attached hydrogen (secondary N) is 2. The lowest BCUT2D eigenvalue weighted by molar-refractivity contribution is -0.127. The molecule has 1 saturated heterocycles. The standard InChI is InChI=1S/C15H19FN2O.ClH/c1-10(11-8-17-9-11)14(19)18-15(6-7-15)12-4-2-3-5-13(12)16;/h2-5,10-11,17H,6-9H2,1H3,(H,18,19);1H. The van der Waals surface area contributed by atoms with Gasteiger partial charge >= 0.3 is 0 Å². The first kappa shape index (κ1) is 15.3. The molecule has 1 atom stereocenters. The van der Waals surface area contributed by atoms with Crippen LogP contribution in [-0.4, -0.2) is 19.0 Å². The number of benzene rings is 1. The number of amides is 1. The summed E-state index contributed by atoms with van der Waals surface area (Å²) in [6.45, 7) is 3.76. The Labute approximate surface area is 124 Å². The van der Waals surface area contributed by atoms with Gasteiger partial charge in [0.15, 0.2) is 0 Å². The van der Waals surface area contributed by atoms with Gasteiger partial charge in [-0.2, -0.15) is 0 Å². The normalized spacial score (nSPS) is 21.3. The van der Waals surface area contributed by atoms with Gasteiger partial charge in [-0.1, -0.05) is 25.1 Å². The Bertz CT molecular complexity index is 500. The molecule has 0 aromatic heterocycles. The lowest BCUT2D eigenvalue weighted by atomic mass is 9.88. The molecule has 3 nitrogen and oxygen atoms in total. The molecule has 1 aromatic carbocycles. The van der Waals surface area contributed by atoms with Crippen LogP contribution in [0.2, 0.25) is 0 Å². The molecule has 2 aliphatic rings. The van der Waals surface area contributed by atoms with Gasteiger partial charge in [-0.15, -0.1) is 12.4 Å². The third-order valence-corrected chi connectivity index (χ3v) is 4.44. The van der Waals surface area contributed by atoms with Crippen molar-refractivity contribution in [2.24, 2.45) is 11.8 Å². The molecule has 1 aliphatic carbocycles. The van der Waals surface area contributed by atoms with Crippen LogP contribution in [0.4, 0.5) is 4.39 Å². The van der Waals surface area contributed by atoms with E-state index in [4.69, 9.17) is 0 Å². The van der Waals surface area contributed by atoms with E-state index < -0.39 is 5.54 Å². The zero-order valence-corrected chi connectivity index (χ0v) is 12.3. The maximum atomic E-state index is 13.9. The summed E-state index contributed by atoms with van der Waals surface area (Å²) in [5, 5.41) is 6.24. The number of carbonyl (C=O) groups is 1. The summed E-state index contributed by atoms with van der Waals surface area (Å²) >= 11 is 0. The van der Waals surface area contributed by atoms with Crippen molar-refractivity contribution < 1.29 is 9.18 Å². The topological polar surface area (TPSA) is 41.1 Å². The molecule has 3 rings (SSSR count). The SMILES string of the molecule is CC(C(=O)NC1(c2ccccc2F)CC1)C1CNC1.Cl. The van der Waals surface area contributed by atoms with Crippen molar-refractivity contribution >= 4 is 18.3 Å². The van der Waals surface area contributed by atoms with Crippen molar-refractivity contribution in [1.82, 2.24) is 10.6 Å². The molecule has 20 heavy (non-hydrogen) atoms. The molecule has 1 aromatic rings. The summed E-state index contributed by atoms with van der Waals surface area (Å²) in [5.41, 5.74) is 0.177. The highest BCUT2D eigenvalue weighted by atomic mass is 35.5. The summed E-state index contributed by atoms with van der Waals surface area (Å²) in [4.78, 5) is 12.3. The van der Waals surface area contributed by atoms with E-state index in [9.17, 15) is 9.18 Å². The van der Waals surface area contributed by atoms with Gasteiger partial charge in [0.1, 0.15) is 5.82 Å². The van der Waals surface area contributed by atoms with Crippen LogP contribution in [0.5, 0.6) is 0 Å². The molecule has 110 valence electrons. The Kier molecular flexibility index (Phi) is 4.35. The van der Waals surface area contributed by atoms with E-state index in [2.05, 4.69) is 10.6 Å². The number of rotatable bonds is 4. The Hall–Kier alpha value is -1.13. The lowest BCUT2D eigenvalue weighted by Crippen LogP contribution is -2.51. The summed E-state index contributed by atoms with van der Waals surface area (Å²) in [6, 6.07) is 6.74. The van der Waals surface area contributed by atoms with E-state index in [1.165, 1.54) is 6.07 Å². The molecule has 1 aliphatic heterocycles. The van der Waals surface area contributed by atoms with E-state index in [0.717, 1.165) is 25.9 Å². The molecule has 1 amide bonds. The van der Waals surface area contributed by atoms with Crippen LogP contribution in [0.25, 0.3) is 0 Å². The van der Waals surface area contributed by atoms with E-state index in [1.54, 1.807) is 12.1 Å². The van der Waals surface area contributed by atoms with Gasteiger partial charge in [-0.05, 0) is 37.9 Å². The summed E-state index contributed by atoms with van der Waals surface area (Å²) < 4.78 is 13.9. The number of hydrogen-bond acceptors (Lipinski definition) is 2. The maximum Gasteiger partial charge on any atom is 0.223 e. The minimum Gasteiger partial charge on any atom is -0.346 e. The van der Waals surface area contributed by atoms with E-state index >= 15 is 0 Å². The Morgan fingerprint density at radius 3 is 2.55 bits per heavy atom. The highest BCUT2D eigenvalue weighted by molar-refractivity contribution is 5.85. The Balaban J connectivity index is 0.00000147. The molecule has 1 saturated carbocycles. The van der Waals surface area contributed by atoms with E-state index in [1.807, 2.05) is 13.0 Å². The van der Waals surface area contributed by atoms with Crippen molar-refractivity contribution in [1.29, 1.82) is 0 Å². The highest BCUT2D eigenvalue weighted by Gasteiger charge is 2.48. The fourth-order valence-electron chi connectivity index (χ4n) is 2.66. The Morgan fingerprint density at radius 1 is 1.40 bits per heavy atom. The number of halogens is 2. The molecule has 2 fully saturated rings. The third kappa shape index (κ3) is 2.67. The lowest BCUT2D eigenvalue weighted by Gasteiger charge is -2.33. The molecule has 0 spiro atoms. The van der Waals surface area contributed by atoms with Gasteiger partial charge in [-0.3, -0.25) is 4.79 Å². The highest BCUT2D eigenvalue weighted by Crippen LogP contribution is 2.46. The first-order chi connectivity index (χ1) is 9.12. The van der Waals surface area contributed by atoms with Gasteiger partial charge in [0.25, 0.3) is 0 Å². The molecular weight excluding hydrogens is 279 g/mol. The predicted octanol–water partition coefficient (Wildman–Crippen LogP) is 2.21. The quantitative estimate of drug-likeness (QED) is 0.895. The van der Waals surface area contributed by atoms with E-state index in [-0.39, 0.29) is 30.0 Å². The minimum absolute atomic E-state index is 0. The molecule has 1 unspecified atom stereocenters. The second-order valence-electron chi connectivity index (χ2n) is 5.76. The first-order valence-electron chi connectivity index (χ1n) is 6.90. The van der Waals surface area contributed by atoms with Crippen LogP contribution < -0.4 is 10.6 Å². The maximum absolute atomic E-state index is 13.9. The van der Waals surface area contributed by atoms with Crippen molar-refractivity contribution in [2.45, 2.75) is 25.3 Å². The fraction of sp³-hybridized carbons (Fsp3) is 0.533. The van der Waals surface area contributed by atoms with Crippen molar-refractivity contribution in [3.05, 3.63) is 35.6 Å². The Morgan fingerprint density at radius 2 is 2.05 bits per heavy atom. The zero-order chi connectivity index (χ0) is 13.5. The van der Waals surface area contributed by atoms with Gasteiger partial charge < -0.3 is 10.6 Å². The summed E-state index contributed by atoms with van der Waals surface area (Å²) in [6.07, 6.45) is 1.66. The first-order valence-corrected chi connectivity index (χ1v) is 6.90. The predicted molar refractivity (Wildman–Crippen MR) is 78.2 cm³/mol. The van der Waals surface area contributed by atoms with E-state index in [0.29, 0.717) is 11.5 Å². The fourth-order valence-corrected chi connectivity index (χ4v) is 2.66. The molecule has 2 N–H and O–H groups in total. The van der Waals surface area contributed by atoms with Crippen LogP contribution in [0.15, 0.2) is 24.3 Å². The minimum atomic E-state index is -0.451. The van der Waals surface area contributed by atoms with Gasteiger partial charge in [-0.25, -0.2) is 4.39 Å². The molecule has 0 bridgehead atoms. The van der Waals surface area contributed by atoms with Crippen LogP contribution in [0.3, 0.4) is 0 Å². The summed E-state index contributed by atoms with van der Waals surface area (Å²) in [7, 11) is 0. The monoisotopic (exact) mass is 298 g/mol. The largest absolute Gasteiger partial charge is 0.346 e. The van der Waals surface area contributed by atoms with Crippen LogP contribution >= 0.6 is 12.4 Å². The second kappa shape index (κ2) is 5.70. The van der Waals surface area contributed by atoms with Crippen molar-refractivity contribution in [2.75, 3.05) is 13.1 Å². The zero-order valence-electron chi connectivity index (χ0n) is 11.5. The summed E-state index contributed by atoms with van der Waals surface area (Å²) in [5.74, 6) is 0.229. The second-order valence-corrected chi connectivity index (χ2v) is 5.76. The van der Waals surface area contributed by atoms with Crippen molar-refractivity contribution in [3.63, 3.8) is 0 Å². The van der Waals surface area contributed by atoms with Crippen LogP contribution in [0.1, 0.15) is 25.3 Å². The van der Waals surface area contributed by atoms with Crippen LogP contribution in [0, 0.1) is 17.7 Å². The third-order valence-electron chi connectivity index (χ3n) is 4.44. The van der Waals surface area contributed by atoms with Crippen molar-refractivity contribution in [3.8, 4) is 0 Å². The van der Waals surface area contributed by atoms with Crippen LogP contribution in [-0.2, 0) is 10.3 Å². The molecule has 1 heterocycles. The smallest absolute Gasteiger partial charge is 0.223 e. The van der Waals surface area contributed by atoms with Gasteiger partial charge in [0, 0.05) is 11.5 Å². The molecule has 0 radical (unpaired) electrons. The molecule has 5 heteroatoms. The average molecular weight is 299 g/mol.